The second kappa shape index (κ2) is 3.40. The number of nitrogens with two attached hydrogens (primary N) is 1. The lowest BCUT2D eigenvalue weighted by Gasteiger charge is -2.28. The van der Waals surface area contributed by atoms with Crippen LogP contribution in [0.5, 0.6) is 0 Å². The number of sulfonamides is 1. The SMILES string of the molecule is [2H]CN1CCCC1(C)C=CS(N)(=O)=O. The molecular formula is C8H16N2O2S. The molecule has 0 aromatic rings. The fourth-order valence-electron chi connectivity index (χ4n) is 1.47. The number of nitrogens with zero attached hydrogens (tertiary/aromatic N) is 1. The van der Waals surface area contributed by atoms with Crippen LogP contribution in [0.4, 0.5) is 0 Å². The zero-order valence-electron chi connectivity index (χ0n) is 8.73. The van der Waals surface area contributed by atoms with E-state index >= 15 is 0 Å². The molecular weight excluding hydrogens is 188 g/mol. The highest BCUT2D eigenvalue weighted by Gasteiger charge is 2.31. The van der Waals surface area contributed by atoms with Crippen LogP contribution in [0, 0.1) is 0 Å². The first-order valence-corrected chi connectivity index (χ1v) is 5.75. The van der Waals surface area contributed by atoms with Crippen LogP contribution in [0.3, 0.4) is 0 Å². The Morgan fingerprint density at radius 2 is 2.38 bits per heavy atom. The number of likely N-dealkylation sites (tertiary alicyclic amines) is 1. The van der Waals surface area contributed by atoms with E-state index in [0.29, 0.717) is 0 Å². The Morgan fingerprint density at radius 1 is 1.69 bits per heavy atom. The third-order valence-electron chi connectivity index (χ3n) is 2.45. The van der Waals surface area contributed by atoms with E-state index in [1.807, 2.05) is 11.8 Å². The smallest absolute Gasteiger partial charge is 0.230 e. The molecule has 0 amide bonds. The van der Waals surface area contributed by atoms with E-state index in [2.05, 4.69) is 0 Å². The largest absolute Gasteiger partial charge is 0.297 e. The zero-order valence-corrected chi connectivity index (χ0v) is 8.55. The fourth-order valence-corrected chi connectivity index (χ4v) is 1.95. The lowest BCUT2D eigenvalue weighted by molar-refractivity contribution is 0.252. The molecule has 13 heavy (non-hydrogen) atoms. The first kappa shape index (κ1) is 9.18. The summed E-state index contributed by atoms with van der Waals surface area (Å²) in [5, 5.41) is 5.91. The molecule has 5 heteroatoms. The Kier molecular flexibility index (Phi) is 2.40. The van der Waals surface area contributed by atoms with Crippen LogP contribution in [0.2, 0.25) is 0 Å². The summed E-state index contributed by atoms with van der Waals surface area (Å²) in [6.45, 7) is 2.77. The second-order valence-corrected chi connectivity index (χ2v) is 5.07. The Labute approximate surface area is 80.9 Å². The third-order valence-corrected chi connectivity index (χ3v) is 2.97. The first-order valence-electron chi connectivity index (χ1n) is 4.84. The molecule has 0 aromatic carbocycles. The van der Waals surface area contributed by atoms with Crippen LogP contribution in [0.1, 0.15) is 21.1 Å². The number of likely N-dealkylation sites (N-methyl/N-ethyl adjacent to an activating group) is 1. The van der Waals surface area contributed by atoms with Gasteiger partial charge in [0.2, 0.25) is 10.0 Å². The monoisotopic (exact) mass is 205 g/mol. The van der Waals surface area contributed by atoms with Crippen LogP contribution in [0.15, 0.2) is 11.5 Å². The van der Waals surface area contributed by atoms with Gasteiger partial charge in [-0.15, -0.1) is 0 Å². The van der Waals surface area contributed by atoms with Gasteiger partial charge in [-0.3, -0.25) is 4.90 Å². The Hall–Kier alpha value is -0.390. The van der Waals surface area contributed by atoms with E-state index in [4.69, 9.17) is 6.51 Å². The minimum atomic E-state index is -3.55. The maximum absolute atomic E-state index is 10.8. The molecule has 1 aliphatic rings. The van der Waals surface area contributed by atoms with Crippen molar-refractivity contribution in [3.05, 3.63) is 11.5 Å². The maximum Gasteiger partial charge on any atom is 0.230 e. The molecule has 1 rings (SSSR count). The van der Waals surface area contributed by atoms with Crippen molar-refractivity contribution in [2.24, 2.45) is 5.14 Å². The van der Waals surface area contributed by atoms with Gasteiger partial charge in [0.05, 0.1) is 0 Å². The molecule has 1 heterocycles. The lowest BCUT2D eigenvalue weighted by Crippen LogP contribution is -2.36. The summed E-state index contributed by atoms with van der Waals surface area (Å²) in [6, 6.07) is 0. The molecule has 0 radical (unpaired) electrons. The number of hydrogen-bond donors (Lipinski definition) is 1. The van der Waals surface area contributed by atoms with Gasteiger partial charge in [0.1, 0.15) is 0 Å². The quantitative estimate of drug-likeness (QED) is 0.704. The molecule has 4 nitrogen and oxygen atoms in total. The molecule has 0 aliphatic carbocycles. The van der Waals surface area contributed by atoms with Gasteiger partial charge < -0.3 is 0 Å². The van der Waals surface area contributed by atoms with Crippen molar-refractivity contribution in [2.75, 3.05) is 13.6 Å². The molecule has 0 saturated carbocycles. The van der Waals surface area contributed by atoms with Crippen LogP contribution in [-0.2, 0) is 10.0 Å². The Balaban J connectivity index is 2.80. The molecule has 2 N–H and O–H groups in total. The van der Waals surface area contributed by atoms with Crippen LogP contribution in [-0.4, -0.2) is 32.4 Å². The van der Waals surface area contributed by atoms with E-state index in [0.717, 1.165) is 24.8 Å². The van der Waals surface area contributed by atoms with Crippen molar-refractivity contribution in [2.45, 2.75) is 25.3 Å². The predicted molar refractivity (Wildman–Crippen MR) is 52.5 cm³/mol. The van der Waals surface area contributed by atoms with Gasteiger partial charge in [-0.05, 0) is 33.3 Å². The Morgan fingerprint density at radius 3 is 2.92 bits per heavy atom. The third kappa shape index (κ3) is 2.79. The standard InChI is InChI=1S/C8H16N2O2S/c1-8(4-3-6-10(8)2)5-7-13(9,11)12/h5,7H,3-4,6H2,1-2H3,(H2,9,11,12)/i2D. The highest BCUT2D eigenvalue weighted by molar-refractivity contribution is 7.92. The summed E-state index contributed by atoms with van der Waals surface area (Å²) in [7, 11) is -3.36. The second-order valence-electron chi connectivity index (χ2n) is 3.62. The molecule has 0 bridgehead atoms. The summed E-state index contributed by atoms with van der Waals surface area (Å²) < 4.78 is 28.8. The number of hydrogen-bond acceptors (Lipinski definition) is 3. The average Bonchev–Trinajstić information content (AvgIpc) is 2.43. The van der Waals surface area contributed by atoms with E-state index in [9.17, 15) is 8.42 Å². The molecule has 76 valence electrons. The van der Waals surface area contributed by atoms with Crippen molar-refractivity contribution in [3.8, 4) is 0 Å². The fraction of sp³-hybridized carbons (Fsp3) is 0.750. The van der Waals surface area contributed by atoms with Crippen LogP contribution < -0.4 is 5.14 Å². The average molecular weight is 205 g/mol. The molecule has 1 atom stereocenters. The summed E-state index contributed by atoms with van der Waals surface area (Å²) in [4.78, 5) is 1.93. The van der Waals surface area contributed by atoms with E-state index in [1.54, 1.807) is 6.08 Å². The van der Waals surface area contributed by atoms with Gasteiger partial charge in [0, 0.05) is 12.3 Å². The first-order chi connectivity index (χ1) is 6.37. The topological polar surface area (TPSA) is 63.4 Å². The van der Waals surface area contributed by atoms with Crippen molar-refractivity contribution in [1.29, 1.82) is 0 Å². The van der Waals surface area contributed by atoms with Crippen molar-refractivity contribution < 1.29 is 9.79 Å². The zero-order chi connectivity index (χ0) is 10.8. The van der Waals surface area contributed by atoms with E-state index < -0.39 is 10.0 Å². The van der Waals surface area contributed by atoms with E-state index in [1.165, 1.54) is 0 Å². The van der Waals surface area contributed by atoms with Gasteiger partial charge in [-0.1, -0.05) is 6.08 Å². The molecule has 0 spiro atoms. The number of rotatable bonds is 2. The molecule has 1 fully saturated rings. The summed E-state index contributed by atoms with van der Waals surface area (Å²) in [5.74, 6) is 0. The highest BCUT2D eigenvalue weighted by atomic mass is 32.2. The minimum absolute atomic E-state index is 0.186. The summed E-state index contributed by atoms with van der Waals surface area (Å²) in [6.07, 6.45) is 3.45. The molecule has 0 aromatic heterocycles. The van der Waals surface area contributed by atoms with Gasteiger partial charge in [0.25, 0.3) is 0 Å². The predicted octanol–water partition coefficient (Wildman–Crippen LogP) is 0.273. The molecule has 1 unspecified atom stereocenters. The van der Waals surface area contributed by atoms with Gasteiger partial charge in [0.15, 0.2) is 0 Å². The minimum Gasteiger partial charge on any atom is -0.297 e. The lowest BCUT2D eigenvalue weighted by atomic mass is 10.00. The van der Waals surface area contributed by atoms with Gasteiger partial charge >= 0.3 is 0 Å². The normalized spacial score (nSPS) is 32.6. The summed E-state index contributed by atoms with van der Waals surface area (Å²) >= 11 is 0. The van der Waals surface area contributed by atoms with Crippen molar-refractivity contribution >= 4 is 10.0 Å². The van der Waals surface area contributed by atoms with E-state index in [-0.39, 0.29) is 12.6 Å². The van der Waals surface area contributed by atoms with Gasteiger partial charge in [-0.2, -0.15) is 0 Å². The summed E-state index contributed by atoms with van der Waals surface area (Å²) in [5.41, 5.74) is -0.325. The Bertz CT molecular complexity index is 328. The van der Waals surface area contributed by atoms with Crippen molar-refractivity contribution in [3.63, 3.8) is 0 Å². The molecule has 1 aliphatic heterocycles. The number of primary sulfonamides is 1. The van der Waals surface area contributed by atoms with Gasteiger partial charge in [-0.25, -0.2) is 13.6 Å². The van der Waals surface area contributed by atoms with Crippen molar-refractivity contribution in [1.82, 2.24) is 4.90 Å². The molecule has 1 saturated heterocycles. The maximum atomic E-state index is 10.8. The highest BCUT2D eigenvalue weighted by Crippen LogP contribution is 2.28. The van der Waals surface area contributed by atoms with Crippen LogP contribution >= 0.6 is 0 Å². The van der Waals surface area contributed by atoms with Crippen LogP contribution in [0.25, 0.3) is 0 Å².